The second-order valence-corrected chi connectivity index (χ2v) is 16.8. The molecule has 4 aliphatic carbocycles. The van der Waals surface area contributed by atoms with Crippen molar-refractivity contribution in [2.45, 2.75) is 63.3 Å². The number of hydrogen-bond acceptors (Lipinski definition) is 7. The average Bonchev–Trinajstić information content (AvgIpc) is 3.34. The maximum atomic E-state index is 13.2. The van der Waals surface area contributed by atoms with Crippen LogP contribution in [0.4, 0.5) is 13.2 Å². The van der Waals surface area contributed by atoms with Gasteiger partial charge in [-0.2, -0.15) is 13.2 Å². The van der Waals surface area contributed by atoms with E-state index < -0.39 is 51.1 Å². The standard InChI is InChI=1S/C18H23F3O7S.C18H13S/c1-10(2)14(22)28-17-6-11-3-12(7-17)5-16(4-11,9-17)15(23)27-13(18(19,20)21)8-29(24,25)26;1-2-8-14(9-3-1)19-17-12-6-4-10-15(17)16-11-5-7-13-18(16)19/h11-13H,1,3-9H2,2H3,(H,24,25,26);1-13H/q;+1/p-1. The number of carbonyl (C=O) groups is 2. The molecule has 4 saturated carbocycles. The van der Waals surface area contributed by atoms with Crippen LogP contribution in [0.5, 0.6) is 0 Å². The number of ether oxygens (including phenoxy) is 2. The number of fused-ring (bicyclic) bond motifs is 3. The molecule has 0 N–H and O–H groups in total. The molecule has 48 heavy (non-hydrogen) atoms. The van der Waals surface area contributed by atoms with Gasteiger partial charge in [-0.1, -0.05) is 49.0 Å². The van der Waals surface area contributed by atoms with Gasteiger partial charge in [-0.25, -0.2) is 13.2 Å². The van der Waals surface area contributed by atoms with Crippen LogP contribution < -0.4 is 0 Å². The Hall–Kier alpha value is -3.74. The van der Waals surface area contributed by atoms with Gasteiger partial charge in [0.25, 0.3) is 0 Å². The molecule has 8 rings (SSSR count). The quantitative estimate of drug-likeness (QED) is 0.0828. The number of hydrogen-bond donors (Lipinski definition) is 0. The number of alkyl halides is 3. The van der Waals surface area contributed by atoms with Crippen LogP contribution in [0, 0.1) is 17.3 Å². The molecule has 3 aromatic carbocycles. The van der Waals surface area contributed by atoms with Crippen molar-refractivity contribution in [3.63, 3.8) is 0 Å². The molecule has 12 heteroatoms. The van der Waals surface area contributed by atoms with E-state index in [-0.39, 0.29) is 47.1 Å². The summed E-state index contributed by atoms with van der Waals surface area (Å²) in [7, 11) is -5.21. The van der Waals surface area contributed by atoms with Gasteiger partial charge in [0.15, 0.2) is 14.3 Å². The molecule has 7 nitrogen and oxygen atoms in total. The summed E-state index contributed by atoms with van der Waals surface area (Å²) in [5, 5.41) is 2.79. The zero-order chi connectivity index (χ0) is 34.5. The summed E-state index contributed by atoms with van der Waals surface area (Å²) >= 11 is 0. The highest BCUT2D eigenvalue weighted by Crippen LogP contribution is 2.63. The van der Waals surface area contributed by atoms with Crippen molar-refractivity contribution in [2.24, 2.45) is 17.3 Å². The van der Waals surface area contributed by atoms with E-state index in [4.69, 9.17) is 4.74 Å². The molecule has 4 fully saturated rings. The normalized spacial score (nSPS) is 25.3. The maximum absolute atomic E-state index is 13.2. The van der Waals surface area contributed by atoms with E-state index in [0.717, 1.165) is 6.42 Å². The fourth-order valence-corrected chi connectivity index (χ4v) is 11.1. The van der Waals surface area contributed by atoms with Gasteiger partial charge in [-0.3, -0.25) is 4.79 Å². The number of esters is 2. The Kier molecular flexibility index (Phi) is 8.97. The van der Waals surface area contributed by atoms with Crippen molar-refractivity contribution in [3.8, 4) is 4.90 Å². The third-order valence-electron chi connectivity index (χ3n) is 9.55. The van der Waals surface area contributed by atoms with Crippen molar-refractivity contribution in [1.82, 2.24) is 0 Å². The summed E-state index contributed by atoms with van der Waals surface area (Å²) in [5.41, 5.74) is -2.09. The first-order valence-corrected chi connectivity index (χ1v) is 18.5. The molecular formula is C36H35F3O7S2. The summed E-state index contributed by atoms with van der Waals surface area (Å²) in [6, 6.07) is 28.4. The molecule has 3 atom stereocenters. The van der Waals surface area contributed by atoms with Gasteiger partial charge in [0.1, 0.15) is 5.60 Å². The maximum Gasteiger partial charge on any atom is 0.426 e. The average molecular weight is 701 g/mol. The van der Waals surface area contributed by atoms with E-state index in [1.165, 1.54) is 32.0 Å². The lowest BCUT2D eigenvalue weighted by Gasteiger charge is -2.59. The lowest BCUT2D eigenvalue weighted by molar-refractivity contribution is -0.236. The second kappa shape index (κ2) is 12.6. The Balaban J connectivity index is 0.000000181. The monoisotopic (exact) mass is 700 g/mol. The van der Waals surface area contributed by atoms with E-state index in [1.807, 2.05) is 0 Å². The zero-order valence-corrected chi connectivity index (χ0v) is 27.8. The van der Waals surface area contributed by atoms with E-state index in [2.05, 4.69) is 90.2 Å². The summed E-state index contributed by atoms with van der Waals surface area (Å²) in [4.78, 5) is 26.3. The molecule has 254 valence electrons. The zero-order valence-electron chi connectivity index (χ0n) is 26.2. The van der Waals surface area contributed by atoms with Gasteiger partial charge in [0, 0.05) is 33.2 Å². The molecule has 0 aliphatic heterocycles. The van der Waals surface area contributed by atoms with Gasteiger partial charge in [0.05, 0.1) is 21.3 Å². The van der Waals surface area contributed by atoms with E-state index >= 15 is 0 Å². The summed E-state index contributed by atoms with van der Waals surface area (Å²) < 4.78 is 85.1. The van der Waals surface area contributed by atoms with Crippen LogP contribution in [0.1, 0.15) is 45.4 Å². The highest BCUT2D eigenvalue weighted by molar-refractivity contribution is 7.85. The third kappa shape index (κ3) is 6.88. The summed E-state index contributed by atoms with van der Waals surface area (Å²) in [5.74, 6) is -3.72. The van der Waals surface area contributed by atoms with Gasteiger partial charge < -0.3 is 14.0 Å². The topological polar surface area (TPSA) is 110 Å². The minimum Gasteiger partial charge on any atom is -0.748 e. The van der Waals surface area contributed by atoms with Crippen LogP contribution in [0.3, 0.4) is 0 Å². The predicted molar refractivity (Wildman–Crippen MR) is 177 cm³/mol. The molecule has 0 saturated heterocycles. The molecule has 1 aromatic heterocycles. The van der Waals surface area contributed by atoms with Crippen molar-refractivity contribution < 1.29 is 45.2 Å². The van der Waals surface area contributed by atoms with Crippen molar-refractivity contribution >= 4 is 52.7 Å². The van der Waals surface area contributed by atoms with Crippen LogP contribution >= 0.6 is 10.5 Å². The molecule has 0 radical (unpaired) electrons. The lowest BCUT2D eigenvalue weighted by Crippen LogP contribution is -2.60. The van der Waals surface area contributed by atoms with Crippen LogP contribution in [0.25, 0.3) is 25.1 Å². The first-order chi connectivity index (χ1) is 22.6. The molecule has 0 amide bonds. The molecule has 4 bridgehead atoms. The smallest absolute Gasteiger partial charge is 0.426 e. The Morgan fingerprint density at radius 3 is 1.94 bits per heavy atom. The summed E-state index contributed by atoms with van der Waals surface area (Å²) in [6.07, 6.45) is -5.85. The van der Waals surface area contributed by atoms with E-state index in [0.29, 0.717) is 12.8 Å². The van der Waals surface area contributed by atoms with Gasteiger partial charge >= 0.3 is 18.1 Å². The third-order valence-corrected chi connectivity index (χ3v) is 12.6. The highest BCUT2D eigenvalue weighted by atomic mass is 32.2. The highest BCUT2D eigenvalue weighted by Gasteiger charge is 2.64. The second-order valence-electron chi connectivity index (χ2n) is 13.4. The first kappa shape index (κ1) is 34.1. The molecular weight excluding hydrogens is 666 g/mol. The lowest BCUT2D eigenvalue weighted by atomic mass is 9.48. The minimum absolute atomic E-state index is 0.0134. The summed E-state index contributed by atoms with van der Waals surface area (Å²) in [6.45, 7) is 5.00. The van der Waals surface area contributed by atoms with Gasteiger partial charge in [-0.05, 0) is 87.3 Å². The Morgan fingerprint density at radius 1 is 0.917 bits per heavy atom. The molecule has 0 spiro atoms. The van der Waals surface area contributed by atoms with Crippen molar-refractivity contribution in [1.29, 1.82) is 0 Å². The Bertz CT molecular complexity index is 1920. The van der Waals surface area contributed by atoms with Crippen LogP contribution in [-0.2, 0) is 29.2 Å². The minimum atomic E-state index is -5.27. The van der Waals surface area contributed by atoms with Gasteiger partial charge in [0.2, 0.25) is 6.10 Å². The number of rotatable bonds is 7. The predicted octanol–water partition coefficient (Wildman–Crippen LogP) is 8.20. The molecule has 1 heterocycles. The van der Waals surface area contributed by atoms with Crippen molar-refractivity contribution in [3.05, 3.63) is 91.0 Å². The number of carbonyl (C=O) groups excluding carboxylic acids is 2. The number of benzene rings is 3. The van der Waals surface area contributed by atoms with E-state index in [1.54, 1.807) is 0 Å². The number of thiophene rings is 1. The van der Waals surface area contributed by atoms with Crippen LogP contribution in [0.15, 0.2) is 91.0 Å². The fraction of sp³-hybridized carbons (Fsp3) is 0.389. The first-order valence-electron chi connectivity index (χ1n) is 15.7. The SMILES string of the molecule is C=C(C)C(=O)OC12CC3CC(C1)CC(C(=O)OC(CS(=O)(=O)[O-])C(F)(F)F)(C3)C2.c1ccc(-[s+]2c3ccccc3c3ccccc32)cc1. The Morgan fingerprint density at radius 2 is 1.44 bits per heavy atom. The molecule has 4 aromatic rings. The van der Waals surface area contributed by atoms with Crippen LogP contribution in [0.2, 0.25) is 0 Å². The van der Waals surface area contributed by atoms with E-state index in [9.17, 15) is 35.7 Å². The largest absolute Gasteiger partial charge is 0.748 e. The fourth-order valence-electron chi connectivity index (χ4n) is 8.12. The Labute approximate surface area is 279 Å². The molecule has 3 unspecified atom stereocenters. The number of halogens is 3. The van der Waals surface area contributed by atoms with Crippen molar-refractivity contribution in [2.75, 3.05) is 5.75 Å². The van der Waals surface area contributed by atoms with Crippen LogP contribution in [-0.4, -0.2) is 48.5 Å². The van der Waals surface area contributed by atoms with Gasteiger partial charge in [-0.15, -0.1) is 0 Å². The molecule has 4 aliphatic rings.